The zero-order chi connectivity index (χ0) is 14.5. The smallest absolute Gasteiger partial charge is 0.320 e. The summed E-state index contributed by atoms with van der Waals surface area (Å²) in [5.74, 6) is -0.854. The maximum atomic E-state index is 12.4. The van der Waals surface area contributed by atoms with Gasteiger partial charge in [-0.25, -0.2) is 4.79 Å². The number of aliphatic carboxylic acids is 1. The summed E-state index contributed by atoms with van der Waals surface area (Å²) in [5.41, 5.74) is 0. The average molecular weight is 283 g/mol. The molecule has 0 aromatic rings. The minimum Gasteiger partial charge on any atom is -0.481 e. The van der Waals surface area contributed by atoms with Crippen molar-refractivity contribution in [1.82, 2.24) is 14.7 Å². The first-order chi connectivity index (χ1) is 9.61. The van der Waals surface area contributed by atoms with Gasteiger partial charge in [-0.05, 0) is 39.3 Å². The zero-order valence-corrected chi connectivity index (χ0v) is 12.3. The second kappa shape index (κ2) is 6.92. The summed E-state index contributed by atoms with van der Waals surface area (Å²) in [6, 6.07) is 0.495. The predicted molar refractivity (Wildman–Crippen MR) is 75.7 cm³/mol. The van der Waals surface area contributed by atoms with Crippen molar-refractivity contribution in [3.05, 3.63) is 0 Å². The van der Waals surface area contributed by atoms with Crippen LogP contribution >= 0.6 is 0 Å². The summed E-state index contributed by atoms with van der Waals surface area (Å²) in [5, 5.41) is 8.73. The van der Waals surface area contributed by atoms with E-state index >= 15 is 0 Å². The van der Waals surface area contributed by atoms with Crippen LogP contribution in [0, 0.1) is 0 Å². The normalized spacial score (nSPS) is 23.2. The summed E-state index contributed by atoms with van der Waals surface area (Å²) in [6.07, 6.45) is 3.60. The van der Waals surface area contributed by atoms with Crippen LogP contribution in [0.4, 0.5) is 4.79 Å². The molecule has 2 aliphatic heterocycles. The lowest BCUT2D eigenvalue weighted by Crippen LogP contribution is -2.44. The van der Waals surface area contributed by atoms with Gasteiger partial charge >= 0.3 is 12.0 Å². The highest BCUT2D eigenvalue weighted by Crippen LogP contribution is 2.21. The molecule has 0 aromatic heterocycles. The van der Waals surface area contributed by atoms with Crippen LogP contribution in [-0.2, 0) is 4.79 Å². The molecule has 2 heterocycles. The summed E-state index contributed by atoms with van der Waals surface area (Å²) in [4.78, 5) is 29.0. The number of hydrogen-bond acceptors (Lipinski definition) is 3. The summed E-state index contributed by atoms with van der Waals surface area (Å²) >= 11 is 0. The highest BCUT2D eigenvalue weighted by molar-refractivity contribution is 5.75. The van der Waals surface area contributed by atoms with Crippen LogP contribution in [0.15, 0.2) is 0 Å². The summed E-state index contributed by atoms with van der Waals surface area (Å²) in [7, 11) is 0. The molecule has 6 nitrogen and oxygen atoms in total. The van der Waals surface area contributed by atoms with Crippen molar-refractivity contribution < 1.29 is 14.7 Å². The van der Waals surface area contributed by atoms with Crippen molar-refractivity contribution in [1.29, 1.82) is 0 Å². The topological polar surface area (TPSA) is 64.1 Å². The van der Waals surface area contributed by atoms with Crippen LogP contribution in [0.3, 0.4) is 0 Å². The van der Waals surface area contributed by atoms with E-state index in [-0.39, 0.29) is 12.5 Å². The molecule has 2 aliphatic rings. The van der Waals surface area contributed by atoms with Gasteiger partial charge in [0.25, 0.3) is 0 Å². The van der Waals surface area contributed by atoms with E-state index in [1.54, 1.807) is 4.90 Å². The van der Waals surface area contributed by atoms with Crippen LogP contribution in [-0.4, -0.2) is 77.1 Å². The lowest BCUT2D eigenvalue weighted by molar-refractivity contribution is -0.137. The Labute approximate surface area is 120 Å². The van der Waals surface area contributed by atoms with Gasteiger partial charge in [0.15, 0.2) is 0 Å². The third kappa shape index (κ3) is 3.62. The number of likely N-dealkylation sites (tertiary alicyclic amines) is 2. The van der Waals surface area contributed by atoms with Crippen molar-refractivity contribution in [3.63, 3.8) is 0 Å². The van der Waals surface area contributed by atoms with E-state index < -0.39 is 5.97 Å². The first-order valence-corrected chi connectivity index (χ1v) is 7.61. The Bertz CT molecular complexity index is 356. The number of carboxylic acid groups (broad SMARTS) is 1. The number of carboxylic acids is 1. The maximum Gasteiger partial charge on any atom is 0.320 e. The van der Waals surface area contributed by atoms with Crippen LogP contribution in [0.2, 0.25) is 0 Å². The van der Waals surface area contributed by atoms with Gasteiger partial charge in [0.05, 0.1) is 6.42 Å². The molecule has 2 saturated heterocycles. The van der Waals surface area contributed by atoms with E-state index in [1.807, 2.05) is 11.8 Å². The van der Waals surface area contributed by atoms with Crippen LogP contribution in [0.1, 0.15) is 32.6 Å². The molecule has 2 amide bonds. The maximum absolute atomic E-state index is 12.4. The molecule has 0 aromatic carbocycles. The lowest BCUT2D eigenvalue weighted by Gasteiger charge is -2.28. The number of carbonyl (C=O) groups excluding carboxylic acids is 1. The van der Waals surface area contributed by atoms with E-state index in [0.29, 0.717) is 19.1 Å². The average Bonchev–Trinajstić information content (AvgIpc) is 3.09. The van der Waals surface area contributed by atoms with Gasteiger partial charge in [-0.3, -0.25) is 9.69 Å². The third-order valence-corrected chi connectivity index (χ3v) is 4.34. The molecule has 1 atom stereocenters. The van der Waals surface area contributed by atoms with Gasteiger partial charge in [0.2, 0.25) is 0 Å². The number of carbonyl (C=O) groups is 2. The van der Waals surface area contributed by atoms with Crippen molar-refractivity contribution in [2.24, 2.45) is 0 Å². The molecular weight excluding hydrogens is 258 g/mol. The standard InChI is InChI=1S/C14H25N3O3/c1-2-15(10-6-13(18)19)14(20)17-9-5-12(11-17)16-7-3-4-8-16/h12H,2-11H2,1H3,(H,18,19). The van der Waals surface area contributed by atoms with Gasteiger partial charge in [-0.2, -0.15) is 0 Å². The van der Waals surface area contributed by atoms with E-state index in [2.05, 4.69) is 4.90 Å². The lowest BCUT2D eigenvalue weighted by atomic mass is 10.2. The molecule has 2 fully saturated rings. The number of hydrogen-bond donors (Lipinski definition) is 1. The Balaban J connectivity index is 1.83. The van der Waals surface area contributed by atoms with Gasteiger partial charge in [-0.15, -0.1) is 0 Å². The minimum atomic E-state index is -0.854. The number of rotatable bonds is 5. The Morgan fingerprint density at radius 3 is 2.55 bits per heavy atom. The SMILES string of the molecule is CCN(CCC(=O)O)C(=O)N1CCC(N2CCCC2)C1. The molecular formula is C14H25N3O3. The molecule has 0 saturated carbocycles. The first kappa shape index (κ1) is 15.1. The van der Waals surface area contributed by atoms with Crippen LogP contribution < -0.4 is 0 Å². The Kier molecular flexibility index (Phi) is 5.23. The molecule has 0 radical (unpaired) electrons. The highest BCUT2D eigenvalue weighted by Gasteiger charge is 2.33. The molecule has 0 aliphatic carbocycles. The van der Waals surface area contributed by atoms with E-state index in [4.69, 9.17) is 5.11 Å². The highest BCUT2D eigenvalue weighted by atomic mass is 16.4. The quantitative estimate of drug-likeness (QED) is 0.820. The van der Waals surface area contributed by atoms with Gasteiger partial charge < -0.3 is 14.9 Å². The van der Waals surface area contributed by atoms with Crippen molar-refractivity contribution in [3.8, 4) is 0 Å². The predicted octanol–water partition coefficient (Wildman–Crippen LogP) is 1.07. The van der Waals surface area contributed by atoms with E-state index in [0.717, 1.165) is 32.6 Å². The second-order valence-electron chi connectivity index (χ2n) is 5.64. The van der Waals surface area contributed by atoms with Crippen LogP contribution in [0.5, 0.6) is 0 Å². The van der Waals surface area contributed by atoms with Crippen molar-refractivity contribution >= 4 is 12.0 Å². The van der Waals surface area contributed by atoms with E-state index in [1.165, 1.54) is 12.8 Å². The van der Waals surface area contributed by atoms with Gasteiger partial charge in [0, 0.05) is 32.2 Å². The molecule has 1 unspecified atom stereocenters. The summed E-state index contributed by atoms with van der Waals surface area (Å²) < 4.78 is 0. The largest absolute Gasteiger partial charge is 0.481 e. The Hall–Kier alpha value is -1.30. The molecule has 6 heteroatoms. The molecule has 0 bridgehead atoms. The minimum absolute atomic E-state index is 0.00422. The van der Waals surface area contributed by atoms with Gasteiger partial charge in [-0.1, -0.05) is 0 Å². The number of urea groups is 1. The fourth-order valence-electron chi connectivity index (χ4n) is 3.14. The molecule has 1 N–H and O–H groups in total. The first-order valence-electron chi connectivity index (χ1n) is 7.61. The fourth-order valence-corrected chi connectivity index (χ4v) is 3.14. The zero-order valence-electron chi connectivity index (χ0n) is 12.3. The number of amides is 2. The molecule has 2 rings (SSSR count). The fraction of sp³-hybridized carbons (Fsp3) is 0.857. The second-order valence-corrected chi connectivity index (χ2v) is 5.64. The Morgan fingerprint density at radius 2 is 1.95 bits per heavy atom. The third-order valence-electron chi connectivity index (χ3n) is 4.34. The molecule has 20 heavy (non-hydrogen) atoms. The van der Waals surface area contributed by atoms with Gasteiger partial charge in [0.1, 0.15) is 0 Å². The number of nitrogens with zero attached hydrogens (tertiary/aromatic N) is 3. The molecule has 0 spiro atoms. The Morgan fingerprint density at radius 1 is 1.25 bits per heavy atom. The summed E-state index contributed by atoms with van der Waals surface area (Å²) in [6.45, 7) is 6.67. The molecule has 114 valence electrons. The van der Waals surface area contributed by atoms with E-state index in [9.17, 15) is 9.59 Å². The monoisotopic (exact) mass is 283 g/mol. The van der Waals surface area contributed by atoms with Crippen molar-refractivity contribution in [2.75, 3.05) is 39.3 Å². The van der Waals surface area contributed by atoms with Crippen molar-refractivity contribution in [2.45, 2.75) is 38.6 Å². The van der Waals surface area contributed by atoms with Crippen LogP contribution in [0.25, 0.3) is 0 Å².